The third kappa shape index (κ3) is 7.37. The number of nitrogens with zero attached hydrogens (tertiary/aromatic N) is 1. The Kier molecular flexibility index (Phi) is 9.55. The largest absolute Gasteiger partial charge is 0.480 e. The van der Waals surface area contributed by atoms with Crippen molar-refractivity contribution in [1.29, 1.82) is 0 Å². The normalized spacial score (nSPS) is 14.0. The van der Waals surface area contributed by atoms with Crippen molar-refractivity contribution in [3.8, 4) is 0 Å². The van der Waals surface area contributed by atoms with Crippen molar-refractivity contribution in [1.82, 2.24) is 35.9 Å². The summed E-state index contributed by atoms with van der Waals surface area (Å²) in [5.41, 5.74) is 10.2. The predicted octanol–water partition coefficient (Wildman–Crippen LogP) is 0.259. The molecular weight excluding hydrogens is 580 g/mol. The Morgan fingerprint density at radius 2 is 1.27 bits per heavy atom. The number of carboxylic acids is 1. The van der Waals surface area contributed by atoms with Crippen molar-refractivity contribution < 1.29 is 29.4 Å². The van der Waals surface area contributed by atoms with Crippen LogP contribution in [0.4, 0.5) is 0 Å². The Balaban J connectivity index is 1.38. The van der Waals surface area contributed by atoms with Crippen LogP contribution in [0.3, 0.4) is 0 Å². The van der Waals surface area contributed by atoms with E-state index >= 15 is 0 Å². The molecule has 0 saturated carbocycles. The Morgan fingerprint density at radius 3 is 1.82 bits per heavy atom. The standard InChI is InChI=1S/C31H34N8O6/c32-22(9-17-12-34-23-7-3-1-5-20(17)23)28(41)37-25(10-18-13-35-24-8-4-2-6-21(18)24)29(42)38-26(11-19-14-33-16-36-19)30(43)39-27(15-40)31(44)45/h1-8,12-14,16,22,25-27,34-35,40H,9-11,15,32H2,(H,33,36)(H,37,41)(H,38,42)(H,39,43)(H,44,45). The number of nitrogens with two attached hydrogens (primary N) is 1. The number of aromatic nitrogens is 4. The minimum absolute atomic E-state index is 0.0637. The molecule has 0 bridgehead atoms. The number of hydrogen-bond donors (Lipinski definition) is 9. The first-order valence-corrected chi connectivity index (χ1v) is 14.3. The summed E-state index contributed by atoms with van der Waals surface area (Å²) >= 11 is 0. The average Bonchev–Trinajstić information content (AvgIpc) is 3.80. The van der Waals surface area contributed by atoms with Crippen LogP contribution in [-0.4, -0.2) is 84.6 Å². The van der Waals surface area contributed by atoms with E-state index in [0.717, 1.165) is 32.9 Å². The van der Waals surface area contributed by atoms with E-state index in [0.29, 0.717) is 5.69 Å². The van der Waals surface area contributed by atoms with E-state index in [4.69, 9.17) is 5.73 Å². The molecule has 0 aliphatic heterocycles. The number of imidazole rings is 1. The molecule has 3 aromatic heterocycles. The molecule has 14 nitrogen and oxygen atoms in total. The van der Waals surface area contributed by atoms with Crippen molar-refractivity contribution in [3.63, 3.8) is 0 Å². The number of carbonyl (C=O) groups excluding carboxylic acids is 3. The lowest BCUT2D eigenvalue weighted by Crippen LogP contribution is -2.58. The second kappa shape index (κ2) is 13.9. The highest BCUT2D eigenvalue weighted by atomic mass is 16.4. The van der Waals surface area contributed by atoms with Crippen molar-refractivity contribution in [3.05, 3.63) is 90.3 Å². The molecule has 0 fully saturated rings. The van der Waals surface area contributed by atoms with Gasteiger partial charge in [0, 0.05) is 58.9 Å². The van der Waals surface area contributed by atoms with Gasteiger partial charge in [0.2, 0.25) is 17.7 Å². The summed E-state index contributed by atoms with van der Waals surface area (Å²) in [5, 5.41) is 28.2. The molecule has 2 aromatic carbocycles. The minimum atomic E-state index is -1.58. The highest BCUT2D eigenvalue weighted by Gasteiger charge is 2.31. The maximum atomic E-state index is 13.8. The highest BCUT2D eigenvalue weighted by Crippen LogP contribution is 2.21. The van der Waals surface area contributed by atoms with E-state index in [2.05, 4.69) is 35.9 Å². The van der Waals surface area contributed by atoms with Gasteiger partial charge >= 0.3 is 5.97 Å². The Labute approximate surface area is 256 Å². The van der Waals surface area contributed by atoms with Crippen LogP contribution in [0, 0.1) is 0 Å². The first-order valence-electron chi connectivity index (χ1n) is 14.3. The van der Waals surface area contributed by atoms with Crippen LogP contribution >= 0.6 is 0 Å². The molecule has 0 aliphatic carbocycles. The van der Waals surface area contributed by atoms with Crippen LogP contribution in [0.25, 0.3) is 21.8 Å². The Morgan fingerprint density at radius 1 is 0.733 bits per heavy atom. The Bertz CT molecular complexity index is 1800. The van der Waals surface area contributed by atoms with Crippen LogP contribution in [0.15, 0.2) is 73.4 Å². The van der Waals surface area contributed by atoms with Gasteiger partial charge in [0.1, 0.15) is 18.1 Å². The van der Waals surface area contributed by atoms with E-state index in [1.807, 2.05) is 48.5 Å². The average molecular weight is 615 g/mol. The van der Waals surface area contributed by atoms with Gasteiger partial charge in [-0.05, 0) is 29.7 Å². The monoisotopic (exact) mass is 614 g/mol. The number of aliphatic hydroxyl groups is 1. The third-order valence-corrected chi connectivity index (χ3v) is 7.59. The summed E-state index contributed by atoms with van der Waals surface area (Å²) in [5.74, 6) is -3.54. The second-order valence-corrected chi connectivity index (χ2v) is 10.7. The molecule has 234 valence electrons. The van der Waals surface area contributed by atoms with Crippen molar-refractivity contribution in [2.75, 3.05) is 6.61 Å². The number of H-pyrrole nitrogens is 3. The van der Waals surface area contributed by atoms with E-state index in [-0.39, 0.29) is 19.3 Å². The summed E-state index contributed by atoms with van der Waals surface area (Å²) in [4.78, 5) is 65.0. The van der Waals surface area contributed by atoms with Crippen LogP contribution in [0.2, 0.25) is 0 Å². The number of para-hydroxylation sites is 2. The van der Waals surface area contributed by atoms with E-state index < -0.39 is 54.5 Å². The minimum Gasteiger partial charge on any atom is -0.480 e. The van der Waals surface area contributed by atoms with E-state index in [1.54, 1.807) is 12.4 Å². The van der Waals surface area contributed by atoms with Crippen LogP contribution in [0.1, 0.15) is 16.8 Å². The predicted molar refractivity (Wildman–Crippen MR) is 165 cm³/mol. The number of aromatic amines is 3. The Hall–Kier alpha value is -5.47. The van der Waals surface area contributed by atoms with Gasteiger partial charge in [0.15, 0.2) is 0 Å². The van der Waals surface area contributed by atoms with Crippen molar-refractivity contribution >= 4 is 45.5 Å². The summed E-state index contributed by atoms with van der Waals surface area (Å²) in [6.07, 6.45) is 6.61. The van der Waals surface area contributed by atoms with E-state index in [1.165, 1.54) is 12.5 Å². The van der Waals surface area contributed by atoms with Gasteiger partial charge in [-0.3, -0.25) is 14.4 Å². The molecule has 4 atom stereocenters. The molecule has 3 amide bonds. The third-order valence-electron chi connectivity index (χ3n) is 7.59. The van der Waals surface area contributed by atoms with Crippen LogP contribution in [-0.2, 0) is 38.4 Å². The number of hydrogen-bond acceptors (Lipinski definition) is 7. The van der Waals surface area contributed by atoms with Gasteiger partial charge in [-0.25, -0.2) is 9.78 Å². The molecule has 3 heterocycles. The number of rotatable bonds is 14. The summed E-state index contributed by atoms with van der Waals surface area (Å²) < 4.78 is 0. The zero-order chi connectivity index (χ0) is 31.9. The lowest BCUT2D eigenvalue weighted by atomic mass is 10.0. The fraction of sp³-hybridized carbons (Fsp3) is 0.258. The molecule has 0 saturated heterocycles. The van der Waals surface area contributed by atoms with Gasteiger partial charge in [-0.15, -0.1) is 0 Å². The first-order chi connectivity index (χ1) is 21.7. The van der Waals surface area contributed by atoms with Gasteiger partial charge in [0.25, 0.3) is 0 Å². The molecule has 0 aliphatic rings. The van der Waals surface area contributed by atoms with Gasteiger partial charge in [0.05, 0.1) is 19.0 Å². The number of carboxylic acid groups (broad SMARTS) is 1. The van der Waals surface area contributed by atoms with Crippen LogP contribution in [0.5, 0.6) is 0 Å². The number of aliphatic hydroxyl groups excluding tert-OH is 1. The topological polar surface area (TPSA) is 231 Å². The fourth-order valence-electron chi connectivity index (χ4n) is 5.19. The molecule has 5 aromatic rings. The highest BCUT2D eigenvalue weighted by molar-refractivity contribution is 5.95. The van der Waals surface area contributed by atoms with Gasteiger partial charge in [-0.2, -0.15) is 0 Å². The number of benzene rings is 2. The number of fused-ring (bicyclic) bond motifs is 2. The molecule has 0 radical (unpaired) electrons. The molecular formula is C31H34N8O6. The smallest absolute Gasteiger partial charge is 0.328 e. The van der Waals surface area contributed by atoms with Gasteiger partial charge in [-0.1, -0.05) is 36.4 Å². The maximum absolute atomic E-state index is 13.8. The molecule has 4 unspecified atom stereocenters. The number of aliphatic carboxylic acids is 1. The van der Waals surface area contributed by atoms with Gasteiger partial charge < -0.3 is 46.8 Å². The molecule has 0 spiro atoms. The number of amides is 3. The molecule has 5 rings (SSSR count). The zero-order valence-corrected chi connectivity index (χ0v) is 24.1. The molecule has 45 heavy (non-hydrogen) atoms. The number of carbonyl (C=O) groups is 4. The summed E-state index contributed by atoms with van der Waals surface area (Å²) in [7, 11) is 0. The van der Waals surface area contributed by atoms with Crippen molar-refractivity contribution in [2.45, 2.75) is 43.4 Å². The fourth-order valence-corrected chi connectivity index (χ4v) is 5.19. The second-order valence-electron chi connectivity index (χ2n) is 10.7. The van der Waals surface area contributed by atoms with Crippen LogP contribution < -0.4 is 21.7 Å². The lowest BCUT2D eigenvalue weighted by Gasteiger charge is -2.25. The van der Waals surface area contributed by atoms with E-state index in [9.17, 15) is 29.4 Å². The summed E-state index contributed by atoms with van der Waals surface area (Å²) in [6.45, 7) is -0.848. The summed E-state index contributed by atoms with van der Waals surface area (Å²) in [6, 6.07) is 10.1. The first kappa shape index (κ1) is 31.0. The SMILES string of the molecule is NC(Cc1c[nH]c2ccccc12)C(=O)NC(Cc1c[nH]c2ccccc12)C(=O)NC(Cc1cnc[nH]1)C(=O)NC(CO)C(=O)O. The number of nitrogens with one attached hydrogen (secondary N) is 6. The quantitative estimate of drug-likeness (QED) is 0.0840. The maximum Gasteiger partial charge on any atom is 0.328 e. The molecule has 14 heteroatoms. The zero-order valence-electron chi connectivity index (χ0n) is 24.1. The van der Waals surface area contributed by atoms with Crippen molar-refractivity contribution in [2.24, 2.45) is 5.73 Å². The molecule has 10 N–H and O–H groups in total. The lowest BCUT2D eigenvalue weighted by molar-refractivity contribution is -0.143.